The molecular weight excluding hydrogens is 460 g/mol. The summed E-state index contributed by atoms with van der Waals surface area (Å²) in [6, 6.07) is 11.3. The maximum atomic E-state index is 12.8. The molecule has 1 aliphatic rings. The Morgan fingerprint density at radius 2 is 1.91 bits per heavy atom. The van der Waals surface area contributed by atoms with E-state index in [0.717, 1.165) is 44.5 Å². The van der Waals surface area contributed by atoms with Gasteiger partial charge in [0.15, 0.2) is 4.34 Å². The number of carboxylic acids is 1. The fourth-order valence-corrected chi connectivity index (χ4v) is 6.24. The molecule has 174 valence electrons. The summed E-state index contributed by atoms with van der Waals surface area (Å²) in [5.74, 6) is 0.0609. The van der Waals surface area contributed by atoms with Crippen LogP contribution in [-0.4, -0.2) is 36.2 Å². The minimum absolute atomic E-state index is 0.217. The van der Waals surface area contributed by atoms with Gasteiger partial charge in [0.25, 0.3) is 0 Å². The van der Waals surface area contributed by atoms with Crippen molar-refractivity contribution < 1.29 is 24.2 Å². The van der Waals surface area contributed by atoms with Crippen LogP contribution in [-0.2, 0) is 15.3 Å². The lowest BCUT2D eigenvalue weighted by molar-refractivity contribution is -0.147. The van der Waals surface area contributed by atoms with Crippen LogP contribution in [0.25, 0.3) is 10.2 Å². The largest absolute Gasteiger partial charge is 0.497 e. The van der Waals surface area contributed by atoms with Crippen LogP contribution in [0.4, 0.5) is 5.69 Å². The first-order valence-electron chi connectivity index (χ1n) is 10.8. The van der Waals surface area contributed by atoms with Crippen molar-refractivity contribution in [1.29, 1.82) is 0 Å². The van der Waals surface area contributed by atoms with Crippen LogP contribution < -0.4 is 14.8 Å². The topological polar surface area (TPSA) is 97.8 Å². The molecule has 2 N–H and O–H groups in total. The van der Waals surface area contributed by atoms with Crippen LogP contribution in [0.15, 0.2) is 40.7 Å². The van der Waals surface area contributed by atoms with Gasteiger partial charge >= 0.3 is 5.97 Å². The van der Waals surface area contributed by atoms with Gasteiger partial charge in [0.05, 0.1) is 36.3 Å². The number of thioether (sulfide) groups is 1. The molecule has 1 amide bonds. The van der Waals surface area contributed by atoms with Gasteiger partial charge in [-0.05, 0) is 49.2 Å². The molecule has 0 aliphatic heterocycles. The molecule has 1 fully saturated rings. The van der Waals surface area contributed by atoms with E-state index in [0.29, 0.717) is 24.3 Å². The van der Waals surface area contributed by atoms with E-state index in [1.807, 2.05) is 36.4 Å². The van der Waals surface area contributed by atoms with Crippen molar-refractivity contribution in [2.75, 3.05) is 19.5 Å². The van der Waals surface area contributed by atoms with E-state index < -0.39 is 17.8 Å². The Bertz CT molecular complexity index is 1160. The van der Waals surface area contributed by atoms with Gasteiger partial charge in [-0.1, -0.05) is 24.6 Å². The summed E-state index contributed by atoms with van der Waals surface area (Å²) in [4.78, 5) is 29.0. The van der Waals surface area contributed by atoms with Crippen LogP contribution in [0.2, 0.25) is 0 Å². The Kier molecular flexibility index (Phi) is 7.39. The number of nitrogens with one attached hydrogen (secondary N) is 1. The minimum Gasteiger partial charge on any atom is -0.497 e. The zero-order valence-corrected chi connectivity index (χ0v) is 20.1. The Balaban J connectivity index is 1.45. The molecule has 1 heterocycles. The molecule has 1 saturated carbocycles. The Morgan fingerprint density at radius 3 is 2.64 bits per heavy atom. The molecule has 4 rings (SSSR count). The Labute approximate surface area is 200 Å². The summed E-state index contributed by atoms with van der Waals surface area (Å²) in [5.41, 5.74) is 2.55. The highest BCUT2D eigenvalue weighted by Gasteiger charge is 2.35. The number of carbonyl (C=O) groups excluding carboxylic acids is 1. The quantitative estimate of drug-likeness (QED) is 0.409. The van der Waals surface area contributed by atoms with Gasteiger partial charge < -0.3 is 19.9 Å². The van der Waals surface area contributed by atoms with Crippen molar-refractivity contribution in [1.82, 2.24) is 4.98 Å². The maximum Gasteiger partial charge on any atom is 0.307 e. The summed E-state index contributed by atoms with van der Waals surface area (Å²) in [6.45, 7) is 0. The van der Waals surface area contributed by atoms with Gasteiger partial charge in [0, 0.05) is 17.0 Å². The van der Waals surface area contributed by atoms with Gasteiger partial charge in [-0.25, -0.2) is 4.98 Å². The molecule has 33 heavy (non-hydrogen) atoms. The summed E-state index contributed by atoms with van der Waals surface area (Å²) >= 11 is 3.17. The van der Waals surface area contributed by atoms with E-state index in [2.05, 4.69) is 5.32 Å². The zero-order valence-electron chi connectivity index (χ0n) is 18.5. The normalized spacial score (nSPS) is 18.1. The van der Waals surface area contributed by atoms with Gasteiger partial charge in [-0.3, -0.25) is 9.59 Å². The number of aliphatic carboxylic acids is 1. The standard InChI is InChI=1S/C24H26N2O5S2/c1-30-16-8-10-20(31-2)14(11-16)13-32-24-26-19-9-7-15(12-21(19)33-24)25-22(27)17-5-3-4-6-18(17)23(28)29/h7-12,17-18H,3-6,13H2,1-2H3,(H,25,27)(H,28,29)/t17-,18-/m1/s1. The summed E-state index contributed by atoms with van der Waals surface area (Å²) in [7, 11) is 3.29. The number of carbonyl (C=O) groups is 2. The third kappa shape index (κ3) is 5.42. The van der Waals surface area contributed by atoms with E-state index in [1.165, 1.54) is 0 Å². The van der Waals surface area contributed by atoms with Gasteiger partial charge in [-0.15, -0.1) is 11.3 Å². The minimum atomic E-state index is -0.887. The molecule has 2 atom stereocenters. The van der Waals surface area contributed by atoms with E-state index in [9.17, 15) is 14.7 Å². The van der Waals surface area contributed by atoms with Crippen LogP contribution in [0, 0.1) is 11.8 Å². The van der Waals surface area contributed by atoms with Crippen LogP contribution >= 0.6 is 23.1 Å². The molecule has 2 aromatic carbocycles. The monoisotopic (exact) mass is 486 g/mol. The molecule has 7 nitrogen and oxygen atoms in total. The number of hydrogen-bond donors (Lipinski definition) is 2. The van der Waals surface area contributed by atoms with E-state index in [4.69, 9.17) is 14.5 Å². The lowest BCUT2D eigenvalue weighted by Gasteiger charge is -2.27. The van der Waals surface area contributed by atoms with Crippen molar-refractivity contribution in [3.05, 3.63) is 42.0 Å². The van der Waals surface area contributed by atoms with Crippen molar-refractivity contribution in [2.24, 2.45) is 11.8 Å². The zero-order chi connectivity index (χ0) is 23.4. The fourth-order valence-electron chi connectivity index (χ4n) is 4.15. The number of thiazole rings is 1. The van der Waals surface area contributed by atoms with Crippen molar-refractivity contribution in [2.45, 2.75) is 35.8 Å². The molecule has 1 aromatic heterocycles. The number of aromatic nitrogens is 1. The number of hydrogen-bond acceptors (Lipinski definition) is 7. The molecule has 0 bridgehead atoms. The number of benzene rings is 2. The molecular formula is C24H26N2O5S2. The smallest absolute Gasteiger partial charge is 0.307 e. The molecule has 0 unspecified atom stereocenters. The average molecular weight is 487 g/mol. The van der Waals surface area contributed by atoms with E-state index in [1.54, 1.807) is 37.3 Å². The third-order valence-corrected chi connectivity index (χ3v) is 8.10. The number of rotatable bonds is 8. The maximum absolute atomic E-state index is 12.8. The van der Waals surface area contributed by atoms with Gasteiger partial charge in [0.1, 0.15) is 11.5 Å². The first kappa shape index (κ1) is 23.4. The van der Waals surface area contributed by atoms with Crippen LogP contribution in [0.1, 0.15) is 31.2 Å². The number of amides is 1. The SMILES string of the molecule is COc1ccc(OC)c(CSc2nc3ccc(NC(=O)[C@@H]4CCCC[C@H]4C(=O)O)cc3s2)c1. The van der Waals surface area contributed by atoms with E-state index in [-0.39, 0.29) is 5.91 Å². The lowest BCUT2D eigenvalue weighted by atomic mass is 9.78. The third-order valence-electron chi connectivity index (χ3n) is 5.89. The number of nitrogens with zero attached hydrogens (tertiary/aromatic N) is 1. The molecule has 9 heteroatoms. The number of ether oxygens (including phenoxy) is 2. The molecule has 0 saturated heterocycles. The predicted octanol–water partition coefficient (Wildman–Crippen LogP) is 5.44. The number of carboxylic acid groups (broad SMARTS) is 1. The molecule has 3 aromatic rings. The van der Waals surface area contributed by atoms with Gasteiger partial charge in [-0.2, -0.15) is 0 Å². The second-order valence-corrected chi connectivity index (χ2v) is 10.2. The highest BCUT2D eigenvalue weighted by Crippen LogP contribution is 2.36. The van der Waals surface area contributed by atoms with E-state index >= 15 is 0 Å². The second-order valence-electron chi connectivity index (χ2n) is 7.95. The summed E-state index contributed by atoms with van der Waals surface area (Å²) in [5, 5.41) is 12.4. The molecule has 0 spiro atoms. The van der Waals surface area contributed by atoms with Crippen molar-refractivity contribution in [3.8, 4) is 11.5 Å². The molecule has 1 aliphatic carbocycles. The average Bonchev–Trinajstić information content (AvgIpc) is 3.24. The fraction of sp³-hybridized carbons (Fsp3) is 0.375. The van der Waals surface area contributed by atoms with Crippen molar-refractivity contribution >= 4 is 50.9 Å². The Hall–Kier alpha value is -2.78. The summed E-state index contributed by atoms with van der Waals surface area (Å²) < 4.78 is 12.6. The predicted molar refractivity (Wildman–Crippen MR) is 130 cm³/mol. The number of methoxy groups -OCH3 is 2. The first-order valence-corrected chi connectivity index (χ1v) is 12.6. The number of fused-ring (bicyclic) bond motifs is 1. The van der Waals surface area contributed by atoms with Crippen molar-refractivity contribution in [3.63, 3.8) is 0 Å². The summed E-state index contributed by atoms with van der Waals surface area (Å²) in [6.07, 6.45) is 2.91. The second kappa shape index (κ2) is 10.4. The first-order chi connectivity index (χ1) is 16.0. The molecule has 0 radical (unpaired) electrons. The Morgan fingerprint density at radius 1 is 1.12 bits per heavy atom. The lowest BCUT2D eigenvalue weighted by Crippen LogP contribution is -2.36. The highest BCUT2D eigenvalue weighted by molar-refractivity contribution is 8.00. The van der Waals surface area contributed by atoms with Crippen LogP contribution in [0.5, 0.6) is 11.5 Å². The number of anilines is 1. The van der Waals surface area contributed by atoms with Crippen LogP contribution in [0.3, 0.4) is 0 Å². The highest BCUT2D eigenvalue weighted by atomic mass is 32.2. The van der Waals surface area contributed by atoms with Gasteiger partial charge in [0.2, 0.25) is 5.91 Å².